The second kappa shape index (κ2) is 4.67. The molecule has 1 aliphatic rings. The number of hydrogen-bond donors (Lipinski definition) is 2. The number of para-hydroxylation sites is 1. The van der Waals surface area contributed by atoms with E-state index in [0.29, 0.717) is 17.7 Å². The van der Waals surface area contributed by atoms with E-state index >= 15 is 0 Å². The second-order valence-electron chi connectivity index (χ2n) is 4.49. The number of benzene rings is 1. The lowest BCUT2D eigenvalue weighted by molar-refractivity contribution is 0.449. The molecule has 0 amide bonds. The van der Waals surface area contributed by atoms with Gasteiger partial charge in [0.05, 0.1) is 0 Å². The Labute approximate surface area is 91.3 Å². The van der Waals surface area contributed by atoms with Gasteiger partial charge in [0.25, 0.3) is 0 Å². The minimum atomic E-state index is 0.432. The fourth-order valence-corrected chi connectivity index (χ4v) is 2.42. The first kappa shape index (κ1) is 10.5. The summed E-state index contributed by atoms with van der Waals surface area (Å²) in [6, 6.07) is 8.30. The lowest BCUT2D eigenvalue weighted by Gasteiger charge is -2.17. The normalized spacial score (nSPS) is 22.9. The molecule has 1 aromatic rings. The predicted octanol–water partition coefficient (Wildman–Crippen LogP) is 2.64. The molecular formula is C13H19NO. The topological polar surface area (TPSA) is 32.3 Å². The summed E-state index contributed by atoms with van der Waals surface area (Å²) in [5, 5.41) is 13.2. The second-order valence-corrected chi connectivity index (χ2v) is 4.49. The van der Waals surface area contributed by atoms with Crippen molar-refractivity contribution >= 4 is 0 Å². The summed E-state index contributed by atoms with van der Waals surface area (Å²) in [6.45, 7) is 3.34. The standard InChI is InChI=1S/C13H19NO/c1-10(9-11-5-4-8-14-11)12-6-2-3-7-13(12)15/h2-3,6-7,10-11,14-15H,4-5,8-9H2,1H3. The molecule has 0 aliphatic carbocycles. The average molecular weight is 205 g/mol. The number of nitrogens with one attached hydrogen (secondary N) is 1. The van der Waals surface area contributed by atoms with Crippen LogP contribution in [0.25, 0.3) is 0 Å². The van der Waals surface area contributed by atoms with Gasteiger partial charge in [0.2, 0.25) is 0 Å². The number of phenols is 1. The lowest BCUT2D eigenvalue weighted by atomic mass is 9.92. The van der Waals surface area contributed by atoms with Gasteiger partial charge in [-0.05, 0) is 43.4 Å². The van der Waals surface area contributed by atoms with Gasteiger partial charge in [-0.3, -0.25) is 0 Å². The van der Waals surface area contributed by atoms with E-state index < -0.39 is 0 Å². The highest BCUT2D eigenvalue weighted by atomic mass is 16.3. The van der Waals surface area contributed by atoms with Crippen molar-refractivity contribution in [3.63, 3.8) is 0 Å². The molecule has 2 nitrogen and oxygen atoms in total. The zero-order valence-electron chi connectivity index (χ0n) is 9.24. The van der Waals surface area contributed by atoms with Gasteiger partial charge in [-0.2, -0.15) is 0 Å². The van der Waals surface area contributed by atoms with Crippen LogP contribution >= 0.6 is 0 Å². The average Bonchev–Trinajstić information content (AvgIpc) is 2.71. The highest BCUT2D eigenvalue weighted by molar-refractivity contribution is 5.34. The highest BCUT2D eigenvalue weighted by Gasteiger charge is 2.19. The first-order valence-electron chi connectivity index (χ1n) is 5.78. The first-order chi connectivity index (χ1) is 7.27. The van der Waals surface area contributed by atoms with E-state index in [0.717, 1.165) is 18.5 Å². The Kier molecular flexibility index (Phi) is 3.27. The highest BCUT2D eigenvalue weighted by Crippen LogP contribution is 2.29. The SMILES string of the molecule is CC(CC1CCCN1)c1ccccc1O. The fraction of sp³-hybridized carbons (Fsp3) is 0.538. The zero-order valence-corrected chi connectivity index (χ0v) is 9.24. The van der Waals surface area contributed by atoms with Gasteiger partial charge in [0, 0.05) is 6.04 Å². The van der Waals surface area contributed by atoms with Crippen molar-refractivity contribution in [2.45, 2.75) is 38.1 Å². The van der Waals surface area contributed by atoms with Crippen molar-refractivity contribution in [3.8, 4) is 5.75 Å². The molecule has 1 fully saturated rings. The van der Waals surface area contributed by atoms with Crippen LogP contribution in [0.2, 0.25) is 0 Å². The summed E-state index contributed by atoms with van der Waals surface area (Å²) < 4.78 is 0. The summed E-state index contributed by atoms with van der Waals surface area (Å²) in [5.41, 5.74) is 1.08. The monoisotopic (exact) mass is 205 g/mol. The van der Waals surface area contributed by atoms with Gasteiger partial charge in [-0.15, -0.1) is 0 Å². The van der Waals surface area contributed by atoms with E-state index in [-0.39, 0.29) is 0 Å². The van der Waals surface area contributed by atoms with Crippen molar-refractivity contribution < 1.29 is 5.11 Å². The first-order valence-corrected chi connectivity index (χ1v) is 5.78. The summed E-state index contributed by atoms with van der Waals surface area (Å²) in [4.78, 5) is 0. The number of phenolic OH excluding ortho intramolecular Hbond substituents is 1. The van der Waals surface area contributed by atoms with E-state index in [9.17, 15) is 5.11 Å². The van der Waals surface area contributed by atoms with Gasteiger partial charge >= 0.3 is 0 Å². The van der Waals surface area contributed by atoms with Gasteiger partial charge in [-0.1, -0.05) is 25.1 Å². The van der Waals surface area contributed by atoms with Crippen molar-refractivity contribution in [2.24, 2.45) is 0 Å². The molecule has 1 aromatic carbocycles. The summed E-state index contributed by atoms with van der Waals surface area (Å²) in [6.07, 6.45) is 3.69. The van der Waals surface area contributed by atoms with Crippen LogP contribution in [-0.2, 0) is 0 Å². The zero-order chi connectivity index (χ0) is 10.7. The van der Waals surface area contributed by atoms with Crippen LogP contribution in [0.15, 0.2) is 24.3 Å². The molecule has 1 heterocycles. The van der Waals surface area contributed by atoms with Crippen molar-refractivity contribution in [1.82, 2.24) is 5.32 Å². The number of hydrogen-bond acceptors (Lipinski definition) is 2. The molecule has 2 unspecified atom stereocenters. The molecule has 2 heteroatoms. The van der Waals surface area contributed by atoms with Crippen LogP contribution in [0.4, 0.5) is 0 Å². The van der Waals surface area contributed by atoms with Crippen molar-refractivity contribution in [3.05, 3.63) is 29.8 Å². The van der Waals surface area contributed by atoms with Crippen LogP contribution in [0.3, 0.4) is 0 Å². The Hall–Kier alpha value is -1.02. The van der Waals surface area contributed by atoms with Crippen molar-refractivity contribution in [1.29, 1.82) is 0 Å². The smallest absolute Gasteiger partial charge is 0.119 e. The van der Waals surface area contributed by atoms with Crippen LogP contribution in [0.1, 0.15) is 37.7 Å². The molecule has 0 aromatic heterocycles. The number of rotatable bonds is 3. The quantitative estimate of drug-likeness (QED) is 0.795. The maximum absolute atomic E-state index is 9.73. The molecule has 2 atom stereocenters. The molecule has 1 saturated heterocycles. The Morgan fingerprint density at radius 3 is 2.93 bits per heavy atom. The van der Waals surface area contributed by atoms with E-state index in [4.69, 9.17) is 0 Å². The third kappa shape index (κ3) is 2.51. The molecule has 0 bridgehead atoms. The molecule has 0 saturated carbocycles. The van der Waals surface area contributed by atoms with Gasteiger partial charge in [-0.25, -0.2) is 0 Å². The van der Waals surface area contributed by atoms with Gasteiger partial charge < -0.3 is 10.4 Å². The van der Waals surface area contributed by atoms with Gasteiger partial charge in [0.1, 0.15) is 5.75 Å². The third-order valence-corrected chi connectivity index (χ3v) is 3.27. The van der Waals surface area contributed by atoms with E-state index in [1.165, 1.54) is 12.8 Å². The lowest BCUT2D eigenvalue weighted by Crippen LogP contribution is -2.23. The van der Waals surface area contributed by atoms with Crippen LogP contribution < -0.4 is 5.32 Å². The van der Waals surface area contributed by atoms with Crippen LogP contribution in [0, 0.1) is 0 Å². The summed E-state index contributed by atoms with van der Waals surface area (Å²) >= 11 is 0. The Morgan fingerprint density at radius 2 is 2.27 bits per heavy atom. The Bertz CT molecular complexity index is 318. The minimum absolute atomic E-state index is 0.432. The van der Waals surface area contributed by atoms with E-state index in [2.05, 4.69) is 12.2 Å². The molecule has 0 radical (unpaired) electrons. The third-order valence-electron chi connectivity index (χ3n) is 3.27. The summed E-state index contributed by atoms with van der Waals surface area (Å²) in [5.74, 6) is 0.866. The maximum atomic E-state index is 9.73. The van der Waals surface area contributed by atoms with Crippen LogP contribution in [-0.4, -0.2) is 17.7 Å². The Balaban J connectivity index is 2.00. The Morgan fingerprint density at radius 1 is 1.47 bits per heavy atom. The molecule has 15 heavy (non-hydrogen) atoms. The van der Waals surface area contributed by atoms with Crippen LogP contribution in [0.5, 0.6) is 5.75 Å². The molecule has 1 aliphatic heterocycles. The molecule has 2 N–H and O–H groups in total. The van der Waals surface area contributed by atoms with Gasteiger partial charge in [0.15, 0.2) is 0 Å². The molecule has 82 valence electrons. The maximum Gasteiger partial charge on any atom is 0.119 e. The number of aromatic hydroxyl groups is 1. The minimum Gasteiger partial charge on any atom is -0.508 e. The molecule has 0 spiro atoms. The molecule has 2 rings (SSSR count). The summed E-state index contributed by atoms with van der Waals surface area (Å²) in [7, 11) is 0. The van der Waals surface area contributed by atoms with E-state index in [1.807, 2.05) is 18.2 Å². The van der Waals surface area contributed by atoms with E-state index in [1.54, 1.807) is 6.07 Å². The largest absolute Gasteiger partial charge is 0.508 e. The van der Waals surface area contributed by atoms with Crippen molar-refractivity contribution in [2.75, 3.05) is 6.54 Å². The fourth-order valence-electron chi connectivity index (χ4n) is 2.42. The molecular weight excluding hydrogens is 186 g/mol. The predicted molar refractivity (Wildman–Crippen MR) is 62.2 cm³/mol.